The first-order valence-electron chi connectivity index (χ1n) is 8.27. The van der Waals surface area contributed by atoms with E-state index in [0.29, 0.717) is 21.8 Å². The first-order chi connectivity index (χ1) is 11.1. The lowest BCUT2D eigenvalue weighted by molar-refractivity contribution is 0.0578. The quantitative estimate of drug-likeness (QED) is 0.867. The Hall–Kier alpha value is -1.52. The molecule has 2 saturated heterocycles. The summed E-state index contributed by atoms with van der Waals surface area (Å²) in [6, 6.07) is 5.63. The number of furan rings is 1. The van der Waals surface area contributed by atoms with Crippen LogP contribution >= 0.6 is 11.6 Å². The van der Waals surface area contributed by atoms with Gasteiger partial charge in [-0.3, -0.25) is 4.79 Å². The Morgan fingerprint density at radius 2 is 2.09 bits per heavy atom. The molecule has 5 heteroatoms. The maximum atomic E-state index is 12.9. The number of hydrogen-bond acceptors (Lipinski definition) is 3. The first-order valence-corrected chi connectivity index (χ1v) is 8.65. The zero-order valence-electron chi connectivity index (χ0n) is 13.3. The molecule has 3 heterocycles. The van der Waals surface area contributed by atoms with E-state index in [9.17, 15) is 4.79 Å². The van der Waals surface area contributed by atoms with Gasteiger partial charge in [0.05, 0.1) is 5.02 Å². The van der Waals surface area contributed by atoms with Crippen molar-refractivity contribution in [1.82, 2.24) is 10.2 Å². The van der Waals surface area contributed by atoms with Crippen LogP contribution in [-0.2, 0) is 0 Å². The predicted octanol–water partition coefficient (Wildman–Crippen LogP) is 3.61. The summed E-state index contributed by atoms with van der Waals surface area (Å²) in [6.07, 6.45) is 3.38. The monoisotopic (exact) mass is 332 g/mol. The van der Waals surface area contributed by atoms with E-state index in [1.165, 1.54) is 6.42 Å². The van der Waals surface area contributed by atoms with Crippen LogP contribution in [-0.4, -0.2) is 37.0 Å². The van der Waals surface area contributed by atoms with Gasteiger partial charge in [0.2, 0.25) is 0 Å². The zero-order valence-corrected chi connectivity index (χ0v) is 14.1. The number of rotatable bonds is 1. The van der Waals surface area contributed by atoms with Gasteiger partial charge in [-0.25, -0.2) is 0 Å². The van der Waals surface area contributed by atoms with Gasteiger partial charge in [-0.1, -0.05) is 23.7 Å². The number of fused-ring (bicyclic) bond motifs is 1. The third-order valence-electron chi connectivity index (χ3n) is 5.55. The van der Waals surface area contributed by atoms with Crippen molar-refractivity contribution >= 4 is 28.5 Å². The lowest BCUT2D eigenvalue weighted by Crippen LogP contribution is -2.44. The minimum absolute atomic E-state index is 0.00410. The second-order valence-corrected chi connectivity index (χ2v) is 7.30. The van der Waals surface area contributed by atoms with E-state index >= 15 is 0 Å². The molecule has 1 N–H and O–H groups in total. The number of likely N-dealkylation sites (tertiary alicyclic amines) is 1. The van der Waals surface area contributed by atoms with E-state index in [0.717, 1.165) is 50.0 Å². The van der Waals surface area contributed by atoms with Crippen molar-refractivity contribution in [3.63, 3.8) is 0 Å². The van der Waals surface area contributed by atoms with Crippen LogP contribution in [0.4, 0.5) is 0 Å². The molecule has 0 aliphatic carbocycles. The van der Waals surface area contributed by atoms with Crippen molar-refractivity contribution in [2.75, 3.05) is 26.2 Å². The van der Waals surface area contributed by atoms with Crippen LogP contribution in [0, 0.1) is 12.3 Å². The van der Waals surface area contributed by atoms with E-state index < -0.39 is 0 Å². The van der Waals surface area contributed by atoms with Crippen molar-refractivity contribution in [1.29, 1.82) is 0 Å². The number of carbonyl (C=O) groups is 1. The molecule has 122 valence electrons. The minimum atomic E-state index is -0.00410. The zero-order chi connectivity index (χ0) is 16.0. The van der Waals surface area contributed by atoms with Gasteiger partial charge in [0.1, 0.15) is 0 Å². The highest BCUT2D eigenvalue weighted by Gasteiger charge is 2.39. The molecule has 2 fully saturated rings. The predicted molar refractivity (Wildman–Crippen MR) is 91.0 cm³/mol. The third-order valence-corrected chi connectivity index (χ3v) is 5.85. The summed E-state index contributed by atoms with van der Waals surface area (Å²) >= 11 is 6.19. The lowest BCUT2D eigenvalue weighted by atomic mass is 9.78. The molecule has 0 bridgehead atoms. The molecule has 4 rings (SSSR count). The standard InChI is InChI=1S/C18H21ClN2O2/c1-12-13-3-2-4-14(19)16(13)23-15(12)17(22)21-9-6-18(7-10-21)5-8-20-11-18/h2-4,20H,5-11H2,1H3. The van der Waals surface area contributed by atoms with Crippen molar-refractivity contribution < 1.29 is 9.21 Å². The molecule has 2 aliphatic heterocycles. The lowest BCUT2D eigenvalue weighted by Gasteiger charge is -2.38. The third kappa shape index (κ3) is 2.45. The summed E-state index contributed by atoms with van der Waals surface area (Å²) < 4.78 is 5.83. The van der Waals surface area contributed by atoms with Crippen molar-refractivity contribution in [2.45, 2.75) is 26.2 Å². The Morgan fingerprint density at radius 3 is 2.74 bits per heavy atom. The smallest absolute Gasteiger partial charge is 0.289 e. The topological polar surface area (TPSA) is 45.5 Å². The van der Waals surface area contributed by atoms with Crippen LogP contribution in [0.3, 0.4) is 0 Å². The van der Waals surface area contributed by atoms with Gasteiger partial charge in [0.15, 0.2) is 11.3 Å². The van der Waals surface area contributed by atoms with Crippen molar-refractivity contribution in [3.05, 3.63) is 34.5 Å². The largest absolute Gasteiger partial charge is 0.449 e. The summed E-state index contributed by atoms with van der Waals surface area (Å²) in [7, 11) is 0. The summed E-state index contributed by atoms with van der Waals surface area (Å²) in [4.78, 5) is 14.8. The molecule has 23 heavy (non-hydrogen) atoms. The molecular formula is C18H21ClN2O2. The summed E-state index contributed by atoms with van der Waals surface area (Å²) in [5.41, 5.74) is 1.90. The average molecular weight is 333 g/mol. The number of benzene rings is 1. The van der Waals surface area contributed by atoms with E-state index in [1.807, 2.05) is 24.0 Å². The normalized spacial score (nSPS) is 20.5. The van der Waals surface area contributed by atoms with Crippen LogP contribution in [0.5, 0.6) is 0 Å². The molecule has 0 atom stereocenters. The number of aryl methyl sites for hydroxylation is 1. The number of piperidine rings is 1. The Labute approximate surface area is 140 Å². The molecule has 2 aliphatic rings. The van der Waals surface area contributed by atoms with E-state index in [-0.39, 0.29) is 5.91 Å². The summed E-state index contributed by atoms with van der Waals surface area (Å²) in [6.45, 7) is 5.75. The fourth-order valence-corrected chi connectivity index (χ4v) is 4.18. The Balaban J connectivity index is 1.58. The van der Waals surface area contributed by atoms with Gasteiger partial charge in [-0.2, -0.15) is 0 Å². The molecule has 1 spiro atoms. The SMILES string of the molecule is Cc1c(C(=O)N2CCC3(CCNC3)CC2)oc2c(Cl)cccc12. The number of nitrogens with zero attached hydrogens (tertiary/aromatic N) is 1. The molecule has 4 nitrogen and oxygen atoms in total. The van der Waals surface area contributed by atoms with Gasteiger partial charge in [0.25, 0.3) is 5.91 Å². The highest BCUT2D eigenvalue weighted by molar-refractivity contribution is 6.35. The number of hydrogen-bond donors (Lipinski definition) is 1. The Kier molecular flexibility index (Phi) is 3.62. The van der Waals surface area contributed by atoms with Crippen molar-refractivity contribution in [3.8, 4) is 0 Å². The Bertz CT molecular complexity index is 752. The molecule has 0 unspecified atom stereocenters. The molecule has 0 radical (unpaired) electrons. The van der Waals surface area contributed by atoms with Gasteiger partial charge in [-0.15, -0.1) is 0 Å². The molecule has 1 amide bonds. The minimum Gasteiger partial charge on any atom is -0.449 e. The maximum absolute atomic E-state index is 12.9. The number of halogens is 1. The number of carbonyl (C=O) groups excluding carboxylic acids is 1. The van der Waals surface area contributed by atoms with E-state index in [1.54, 1.807) is 6.07 Å². The average Bonchev–Trinajstić information content (AvgIpc) is 3.14. The molecule has 1 aromatic heterocycles. The summed E-state index contributed by atoms with van der Waals surface area (Å²) in [5, 5.41) is 4.94. The number of amides is 1. The highest BCUT2D eigenvalue weighted by atomic mass is 35.5. The van der Waals surface area contributed by atoms with Crippen molar-refractivity contribution in [2.24, 2.45) is 5.41 Å². The van der Waals surface area contributed by atoms with Crippen LogP contribution in [0.25, 0.3) is 11.0 Å². The number of para-hydroxylation sites is 1. The van der Waals surface area contributed by atoms with Gasteiger partial charge in [0, 0.05) is 30.6 Å². The second-order valence-electron chi connectivity index (χ2n) is 6.89. The highest BCUT2D eigenvalue weighted by Crippen LogP contribution is 2.38. The molecule has 0 saturated carbocycles. The van der Waals surface area contributed by atoms with Gasteiger partial charge in [-0.05, 0) is 44.2 Å². The van der Waals surface area contributed by atoms with Crippen LogP contribution in [0.2, 0.25) is 5.02 Å². The van der Waals surface area contributed by atoms with Crippen LogP contribution in [0.1, 0.15) is 35.4 Å². The molecular weight excluding hydrogens is 312 g/mol. The van der Waals surface area contributed by atoms with Gasteiger partial charge < -0.3 is 14.6 Å². The summed E-state index contributed by atoms with van der Waals surface area (Å²) in [5.74, 6) is 0.434. The molecule has 1 aromatic carbocycles. The van der Waals surface area contributed by atoms with Crippen LogP contribution < -0.4 is 5.32 Å². The second kappa shape index (κ2) is 5.53. The number of nitrogens with one attached hydrogen (secondary N) is 1. The van der Waals surface area contributed by atoms with Gasteiger partial charge >= 0.3 is 0 Å². The fourth-order valence-electron chi connectivity index (χ4n) is 3.96. The van der Waals surface area contributed by atoms with Crippen LogP contribution in [0.15, 0.2) is 22.6 Å². The first kappa shape index (κ1) is 15.0. The Morgan fingerprint density at radius 1 is 1.30 bits per heavy atom. The maximum Gasteiger partial charge on any atom is 0.289 e. The van der Waals surface area contributed by atoms with E-state index in [4.69, 9.17) is 16.0 Å². The van der Waals surface area contributed by atoms with E-state index in [2.05, 4.69) is 5.32 Å². The fraction of sp³-hybridized carbons (Fsp3) is 0.500. The molecule has 2 aromatic rings.